The minimum absolute atomic E-state index is 0.162. The first-order valence-corrected chi connectivity index (χ1v) is 6.49. The van der Waals surface area contributed by atoms with Gasteiger partial charge in [0.2, 0.25) is 0 Å². The van der Waals surface area contributed by atoms with Crippen LogP contribution in [0.1, 0.15) is 5.56 Å². The molecule has 0 heterocycles. The average molecular weight is 350 g/mol. The lowest BCUT2D eigenvalue weighted by molar-refractivity contribution is -0.0437. The van der Waals surface area contributed by atoms with Crippen LogP contribution in [0.25, 0.3) is 0 Å². The lowest BCUT2D eigenvalue weighted by Gasteiger charge is -2.08. The molecule has 0 unspecified atom stereocenters. The first-order valence-electron chi connectivity index (χ1n) is 3.76. The Morgan fingerprint density at radius 1 is 1.20 bits per heavy atom. The molecule has 0 aromatic heterocycles. The summed E-state index contributed by atoms with van der Waals surface area (Å²) in [5, 5.41) is 0. The van der Waals surface area contributed by atoms with Gasteiger partial charge in [0.1, 0.15) is 0 Å². The molecule has 1 aromatic carbocycles. The Morgan fingerprint density at radius 3 is 2.20 bits per heavy atom. The number of hydrogen-bond acceptors (Lipinski definition) is 2. The molecule has 1 aromatic rings. The Hall–Kier alpha value is -0.310. The Morgan fingerprint density at radius 2 is 1.73 bits per heavy atom. The minimum atomic E-state index is -5.19. The van der Waals surface area contributed by atoms with Gasteiger partial charge in [-0.05, 0) is 34.2 Å². The van der Waals surface area contributed by atoms with E-state index in [9.17, 15) is 21.6 Å². The second-order valence-corrected chi connectivity index (χ2v) is 5.94. The largest absolute Gasteiger partial charge is 0.497 e. The summed E-state index contributed by atoms with van der Waals surface area (Å²) in [6.45, 7) is 0. The molecule has 84 valence electrons. The number of rotatable bonds is 2. The number of sulfone groups is 1. The van der Waals surface area contributed by atoms with Crippen molar-refractivity contribution in [2.24, 2.45) is 0 Å². The predicted molar refractivity (Wildman–Crippen MR) is 57.8 cm³/mol. The van der Waals surface area contributed by atoms with E-state index in [-0.39, 0.29) is 5.56 Å². The van der Waals surface area contributed by atoms with Crippen molar-refractivity contribution < 1.29 is 21.6 Å². The number of halogens is 4. The Balaban J connectivity index is 3.03. The third kappa shape index (κ3) is 3.07. The Kier molecular flexibility index (Phi) is 3.64. The van der Waals surface area contributed by atoms with Crippen LogP contribution in [0.5, 0.6) is 0 Å². The zero-order chi connectivity index (χ0) is 11.7. The van der Waals surface area contributed by atoms with Crippen LogP contribution in [0.4, 0.5) is 13.2 Å². The lowest BCUT2D eigenvalue weighted by atomic mass is 10.2. The standard InChI is InChI=1S/C8H6F3IO2S/c9-8(10,11)15(13,14)5-6-3-1-2-4-7(6)12/h1-4H,5H2. The first-order chi connectivity index (χ1) is 6.74. The summed E-state index contributed by atoms with van der Waals surface area (Å²) < 4.78 is 58.4. The van der Waals surface area contributed by atoms with E-state index >= 15 is 0 Å². The van der Waals surface area contributed by atoms with Crippen molar-refractivity contribution in [3.63, 3.8) is 0 Å². The zero-order valence-electron chi connectivity index (χ0n) is 7.25. The molecule has 7 heteroatoms. The molecule has 15 heavy (non-hydrogen) atoms. The normalized spacial score (nSPS) is 12.8. The zero-order valence-corrected chi connectivity index (χ0v) is 10.2. The van der Waals surface area contributed by atoms with Gasteiger partial charge in [-0.25, -0.2) is 8.42 Å². The van der Waals surface area contributed by atoms with Crippen LogP contribution >= 0.6 is 22.6 Å². The Bertz CT molecular complexity index is 453. The highest BCUT2D eigenvalue weighted by atomic mass is 127. The second-order valence-electron chi connectivity index (χ2n) is 2.80. The van der Waals surface area contributed by atoms with Crippen LogP contribution in [-0.2, 0) is 15.6 Å². The molecule has 0 aliphatic rings. The predicted octanol–water partition coefficient (Wildman–Crippen LogP) is 2.73. The van der Waals surface area contributed by atoms with E-state index in [1.807, 2.05) is 0 Å². The highest BCUT2D eigenvalue weighted by molar-refractivity contribution is 14.1. The second kappa shape index (κ2) is 4.28. The molecule has 0 aliphatic carbocycles. The third-order valence-electron chi connectivity index (χ3n) is 1.66. The molecule has 0 spiro atoms. The van der Waals surface area contributed by atoms with E-state index in [1.54, 1.807) is 34.7 Å². The van der Waals surface area contributed by atoms with Gasteiger partial charge in [-0.2, -0.15) is 13.2 Å². The lowest BCUT2D eigenvalue weighted by Crippen LogP contribution is -2.25. The van der Waals surface area contributed by atoms with E-state index in [0.717, 1.165) is 0 Å². The summed E-state index contributed by atoms with van der Waals surface area (Å²) in [6.07, 6.45) is 0. The molecule has 0 aliphatic heterocycles. The van der Waals surface area contributed by atoms with Crippen molar-refractivity contribution in [3.05, 3.63) is 33.4 Å². The van der Waals surface area contributed by atoms with Crippen LogP contribution in [0.15, 0.2) is 24.3 Å². The van der Waals surface area contributed by atoms with Gasteiger partial charge < -0.3 is 0 Å². The average Bonchev–Trinajstić information content (AvgIpc) is 2.06. The van der Waals surface area contributed by atoms with Crippen LogP contribution in [-0.4, -0.2) is 13.9 Å². The van der Waals surface area contributed by atoms with Crippen LogP contribution < -0.4 is 0 Å². The van der Waals surface area contributed by atoms with Gasteiger partial charge in [0.15, 0.2) is 0 Å². The monoisotopic (exact) mass is 350 g/mol. The van der Waals surface area contributed by atoms with Crippen molar-refractivity contribution in [3.8, 4) is 0 Å². The molecule has 0 N–H and O–H groups in total. The fourth-order valence-electron chi connectivity index (χ4n) is 0.902. The van der Waals surface area contributed by atoms with Crippen LogP contribution in [0.3, 0.4) is 0 Å². The fraction of sp³-hybridized carbons (Fsp3) is 0.250. The summed E-state index contributed by atoms with van der Waals surface area (Å²) in [6, 6.07) is 6.06. The molecule has 0 saturated heterocycles. The smallest absolute Gasteiger partial charge is 0.219 e. The topological polar surface area (TPSA) is 34.1 Å². The quantitative estimate of drug-likeness (QED) is 0.769. The van der Waals surface area contributed by atoms with Crippen molar-refractivity contribution in [2.75, 3.05) is 0 Å². The van der Waals surface area contributed by atoms with Gasteiger partial charge in [0.25, 0.3) is 9.84 Å². The van der Waals surface area contributed by atoms with E-state index < -0.39 is 21.1 Å². The van der Waals surface area contributed by atoms with E-state index in [1.165, 1.54) is 12.1 Å². The molecular formula is C8H6F3IO2S. The summed E-state index contributed by atoms with van der Waals surface area (Å²) in [7, 11) is -5.08. The van der Waals surface area contributed by atoms with Crippen LogP contribution in [0, 0.1) is 3.57 Å². The summed E-state index contributed by atoms with van der Waals surface area (Å²) in [4.78, 5) is 0. The van der Waals surface area contributed by atoms with Gasteiger partial charge in [-0.1, -0.05) is 18.2 Å². The maximum atomic E-state index is 12.1. The van der Waals surface area contributed by atoms with Crippen molar-refractivity contribution in [1.82, 2.24) is 0 Å². The number of hydrogen-bond donors (Lipinski definition) is 0. The summed E-state index contributed by atoms with van der Waals surface area (Å²) in [5.74, 6) is -1.00. The van der Waals surface area contributed by atoms with Gasteiger partial charge >= 0.3 is 5.51 Å². The van der Waals surface area contributed by atoms with E-state index in [2.05, 4.69) is 0 Å². The maximum Gasteiger partial charge on any atom is 0.497 e. The first kappa shape index (κ1) is 12.8. The number of benzene rings is 1. The fourth-order valence-corrected chi connectivity index (χ4v) is 2.56. The van der Waals surface area contributed by atoms with Crippen molar-refractivity contribution in [2.45, 2.75) is 11.3 Å². The van der Waals surface area contributed by atoms with E-state index in [0.29, 0.717) is 3.57 Å². The van der Waals surface area contributed by atoms with Gasteiger partial charge in [-0.15, -0.1) is 0 Å². The van der Waals surface area contributed by atoms with Crippen LogP contribution in [0.2, 0.25) is 0 Å². The van der Waals surface area contributed by atoms with Gasteiger partial charge in [-0.3, -0.25) is 0 Å². The Labute approximate surface area is 98.5 Å². The maximum absolute atomic E-state index is 12.1. The molecule has 0 atom stereocenters. The SMILES string of the molecule is O=S(=O)(Cc1ccccc1I)C(F)(F)F. The molecule has 0 bridgehead atoms. The summed E-state index contributed by atoms with van der Waals surface area (Å²) in [5.41, 5.74) is -5.03. The molecule has 0 radical (unpaired) electrons. The molecule has 1 rings (SSSR count). The summed E-state index contributed by atoms with van der Waals surface area (Å²) >= 11 is 1.80. The van der Waals surface area contributed by atoms with Gasteiger partial charge in [0.05, 0.1) is 5.75 Å². The molecular weight excluding hydrogens is 344 g/mol. The minimum Gasteiger partial charge on any atom is -0.219 e. The third-order valence-corrected chi connectivity index (χ3v) is 4.10. The van der Waals surface area contributed by atoms with Gasteiger partial charge in [0, 0.05) is 3.57 Å². The molecule has 0 saturated carbocycles. The van der Waals surface area contributed by atoms with E-state index in [4.69, 9.17) is 0 Å². The van der Waals surface area contributed by atoms with Crippen molar-refractivity contribution >= 4 is 32.4 Å². The molecule has 2 nitrogen and oxygen atoms in total. The molecule has 0 fully saturated rings. The molecule has 0 amide bonds. The highest BCUT2D eigenvalue weighted by Gasteiger charge is 2.45. The van der Waals surface area contributed by atoms with Crippen molar-refractivity contribution in [1.29, 1.82) is 0 Å². The number of alkyl halides is 3. The highest BCUT2D eigenvalue weighted by Crippen LogP contribution is 2.27.